The SMILES string of the molecule is CN(C(=O)OC(C)(C)C)C1CCN(C(=O)c2ccc(NC(=O)C3CC3)cc2N2CCCC2)CC1. The molecule has 1 aromatic rings. The average molecular weight is 471 g/mol. The van der Waals surface area contributed by atoms with Gasteiger partial charge in [0.15, 0.2) is 0 Å². The molecule has 1 N–H and O–H groups in total. The van der Waals surface area contributed by atoms with Crippen LogP contribution in [0.15, 0.2) is 18.2 Å². The number of ether oxygens (including phenoxy) is 1. The van der Waals surface area contributed by atoms with Crippen LogP contribution >= 0.6 is 0 Å². The number of hydrogen-bond donors (Lipinski definition) is 1. The molecule has 1 aliphatic carbocycles. The second-order valence-electron chi connectivity index (χ2n) is 10.8. The number of nitrogens with zero attached hydrogens (tertiary/aromatic N) is 3. The van der Waals surface area contributed by atoms with Gasteiger partial charge in [0, 0.05) is 50.9 Å². The van der Waals surface area contributed by atoms with E-state index in [1.807, 2.05) is 43.9 Å². The van der Waals surface area contributed by atoms with Crippen molar-refractivity contribution in [1.82, 2.24) is 9.80 Å². The Labute approximate surface area is 202 Å². The van der Waals surface area contributed by atoms with Gasteiger partial charge in [0.05, 0.1) is 11.3 Å². The molecule has 3 fully saturated rings. The zero-order chi connectivity index (χ0) is 24.5. The molecule has 2 aliphatic heterocycles. The van der Waals surface area contributed by atoms with Crippen LogP contribution in [-0.4, -0.2) is 72.6 Å². The number of benzene rings is 1. The van der Waals surface area contributed by atoms with E-state index in [0.29, 0.717) is 18.7 Å². The lowest BCUT2D eigenvalue weighted by Crippen LogP contribution is -2.48. The van der Waals surface area contributed by atoms with Crippen LogP contribution in [0.5, 0.6) is 0 Å². The Morgan fingerprint density at radius 1 is 1.00 bits per heavy atom. The number of likely N-dealkylation sites (tertiary alicyclic amines) is 1. The molecule has 0 atom stereocenters. The van der Waals surface area contributed by atoms with Crippen molar-refractivity contribution in [1.29, 1.82) is 0 Å². The van der Waals surface area contributed by atoms with E-state index in [2.05, 4.69) is 10.2 Å². The third-order valence-corrected chi connectivity index (χ3v) is 6.87. The number of carbonyl (C=O) groups excluding carboxylic acids is 3. The summed E-state index contributed by atoms with van der Waals surface area (Å²) in [5, 5.41) is 3.02. The lowest BCUT2D eigenvalue weighted by Gasteiger charge is -2.37. The summed E-state index contributed by atoms with van der Waals surface area (Å²) in [7, 11) is 1.77. The average Bonchev–Trinajstić information content (AvgIpc) is 3.51. The molecule has 0 spiro atoms. The Bertz CT molecular complexity index is 923. The number of hydrogen-bond acceptors (Lipinski definition) is 5. The first kappa shape index (κ1) is 24.4. The first-order valence-corrected chi connectivity index (χ1v) is 12.6. The first-order chi connectivity index (χ1) is 16.1. The van der Waals surface area contributed by atoms with Gasteiger partial charge < -0.3 is 24.8 Å². The molecule has 3 aliphatic rings. The van der Waals surface area contributed by atoms with Crippen LogP contribution in [-0.2, 0) is 9.53 Å². The summed E-state index contributed by atoms with van der Waals surface area (Å²) < 4.78 is 5.50. The summed E-state index contributed by atoms with van der Waals surface area (Å²) in [6, 6.07) is 5.71. The van der Waals surface area contributed by atoms with E-state index < -0.39 is 5.60 Å². The van der Waals surface area contributed by atoms with Gasteiger partial charge in [0.1, 0.15) is 5.60 Å². The predicted molar refractivity (Wildman–Crippen MR) is 132 cm³/mol. The lowest BCUT2D eigenvalue weighted by molar-refractivity contribution is -0.117. The van der Waals surface area contributed by atoms with Crippen LogP contribution in [0.1, 0.15) is 69.7 Å². The Morgan fingerprint density at radius 2 is 1.65 bits per heavy atom. The van der Waals surface area contributed by atoms with E-state index in [-0.39, 0.29) is 29.9 Å². The van der Waals surface area contributed by atoms with Crippen molar-refractivity contribution in [2.24, 2.45) is 5.92 Å². The Hall–Kier alpha value is -2.77. The summed E-state index contributed by atoms with van der Waals surface area (Å²) in [4.78, 5) is 44.0. The third kappa shape index (κ3) is 5.83. The van der Waals surface area contributed by atoms with Crippen molar-refractivity contribution in [2.45, 2.75) is 70.9 Å². The van der Waals surface area contributed by atoms with Crippen LogP contribution in [0.4, 0.5) is 16.2 Å². The molecule has 0 unspecified atom stereocenters. The Morgan fingerprint density at radius 3 is 2.24 bits per heavy atom. The van der Waals surface area contributed by atoms with E-state index in [4.69, 9.17) is 4.74 Å². The van der Waals surface area contributed by atoms with E-state index in [9.17, 15) is 14.4 Å². The molecular formula is C26H38N4O4. The topological polar surface area (TPSA) is 82.2 Å². The molecule has 0 radical (unpaired) electrons. The maximum absolute atomic E-state index is 13.5. The maximum Gasteiger partial charge on any atom is 0.410 e. The summed E-state index contributed by atoms with van der Waals surface area (Å²) in [6.07, 6.45) is 5.24. The molecule has 2 saturated heterocycles. The van der Waals surface area contributed by atoms with Gasteiger partial charge in [-0.15, -0.1) is 0 Å². The fourth-order valence-electron chi connectivity index (χ4n) is 4.71. The number of carbonyl (C=O) groups is 3. The van der Waals surface area contributed by atoms with E-state index in [0.717, 1.165) is 63.0 Å². The van der Waals surface area contributed by atoms with Crippen molar-refractivity contribution in [2.75, 3.05) is 43.4 Å². The van der Waals surface area contributed by atoms with Gasteiger partial charge >= 0.3 is 6.09 Å². The van der Waals surface area contributed by atoms with Crippen LogP contribution in [0.3, 0.4) is 0 Å². The van der Waals surface area contributed by atoms with Crippen LogP contribution in [0.25, 0.3) is 0 Å². The zero-order valence-electron chi connectivity index (χ0n) is 20.9. The predicted octanol–water partition coefficient (Wildman–Crippen LogP) is 4.11. The maximum atomic E-state index is 13.5. The number of piperidine rings is 1. The highest BCUT2D eigenvalue weighted by Gasteiger charge is 2.32. The fraction of sp³-hybridized carbons (Fsp3) is 0.654. The van der Waals surface area contributed by atoms with Crippen molar-refractivity contribution < 1.29 is 19.1 Å². The van der Waals surface area contributed by atoms with Gasteiger partial charge in [-0.05, 0) is 77.5 Å². The second kappa shape index (κ2) is 9.84. The highest BCUT2D eigenvalue weighted by Crippen LogP contribution is 2.33. The van der Waals surface area contributed by atoms with E-state index in [1.165, 1.54) is 0 Å². The minimum absolute atomic E-state index is 0.0142. The molecule has 3 amide bonds. The van der Waals surface area contributed by atoms with Crippen molar-refractivity contribution in [3.8, 4) is 0 Å². The summed E-state index contributed by atoms with van der Waals surface area (Å²) in [6.45, 7) is 8.61. The molecule has 0 bridgehead atoms. The molecule has 186 valence electrons. The second-order valence-corrected chi connectivity index (χ2v) is 10.8. The number of rotatable bonds is 5. The lowest BCUT2D eigenvalue weighted by atomic mass is 10.0. The molecule has 8 nitrogen and oxygen atoms in total. The summed E-state index contributed by atoms with van der Waals surface area (Å²) in [5.74, 6) is 0.222. The smallest absolute Gasteiger partial charge is 0.410 e. The zero-order valence-corrected chi connectivity index (χ0v) is 20.9. The van der Waals surface area contributed by atoms with Gasteiger partial charge in [-0.25, -0.2) is 4.79 Å². The largest absolute Gasteiger partial charge is 0.444 e. The molecule has 1 saturated carbocycles. The molecule has 4 rings (SSSR count). The van der Waals surface area contributed by atoms with Crippen molar-refractivity contribution >= 4 is 29.3 Å². The molecule has 1 aromatic carbocycles. The first-order valence-electron chi connectivity index (χ1n) is 12.6. The van der Waals surface area contributed by atoms with E-state index in [1.54, 1.807) is 11.9 Å². The number of amides is 3. The minimum Gasteiger partial charge on any atom is -0.444 e. The molecule has 2 heterocycles. The van der Waals surface area contributed by atoms with Gasteiger partial charge in [0.25, 0.3) is 5.91 Å². The Balaban J connectivity index is 1.43. The number of nitrogens with one attached hydrogen (secondary N) is 1. The Kier molecular flexibility index (Phi) is 7.05. The molecule has 34 heavy (non-hydrogen) atoms. The fourth-order valence-corrected chi connectivity index (χ4v) is 4.71. The van der Waals surface area contributed by atoms with Crippen molar-refractivity contribution in [3.63, 3.8) is 0 Å². The van der Waals surface area contributed by atoms with Gasteiger partial charge in [0.2, 0.25) is 5.91 Å². The monoisotopic (exact) mass is 470 g/mol. The molecule has 0 aromatic heterocycles. The van der Waals surface area contributed by atoms with Crippen molar-refractivity contribution in [3.05, 3.63) is 23.8 Å². The van der Waals surface area contributed by atoms with E-state index >= 15 is 0 Å². The highest BCUT2D eigenvalue weighted by atomic mass is 16.6. The number of anilines is 2. The van der Waals surface area contributed by atoms with Gasteiger partial charge in [-0.1, -0.05) is 0 Å². The summed E-state index contributed by atoms with van der Waals surface area (Å²) >= 11 is 0. The normalized spacial score (nSPS) is 19.2. The van der Waals surface area contributed by atoms with Gasteiger partial charge in [-0.2, -0.15) is 0 Å². The quantitative estimate of drug-likeness (QED) is 0.700. The molecule has 8 heteroatoms. The third-order valence-electron chi connectivity index (χ3n) is 6.87. The van der Waals surface area contributed by atoms with Crippen LogP contribution in [0.2, 0.25) is 0 Å². The van der Waals surface area contributed by atoms with Crippen LogP contribution < -0.4 is 10.2 Å². The molecular weight excluding hydrogens is 432 g/mol. The minimum atomic E-state index is -0.529. The highest BCUT2D eigenvalue weighted by molar-refractivity contribution is 6.02. The standard InChI is InChI=1S/C26H38N4O4/c1-26(2,3)34-25(33)28(4)20-11-15-30(16-12-20)24(32)21-10-9-19(27-23(31)18-7-8-18)17-22(21)29-13-5-6-14-29/h9-10,17-18,20H,5-8,11-16H2,1-4H3,(H,27,31). The summed E-state index contributed by atoms with van der Waals surface area (Å²) in [5.41, 5.74) is 1.82. The van der Waals surface area contributed by atoms with Gasteiger partial charge in [-0.3, -0.25) is 9.59 Å². The van der Waals surface area contributed by atoms with Crippen LogP contribution in [0, 0.1) is 5.92 Å².